The van der Waals surface area contributed by atoms with E-state index in [1.54, 1.807) is 24.4 Å². The molecule has 0 radical (unpaired) electrons. The summed E-state index contributed by atoms with van der Waals surface area (Å²) in [5.74, 6) is 1.31. The predicted octanol–water partition coefficient (Wildman–Crippen LogP) is 8.06. The van der Waals surface area contributed by atoms with Crippen LogP contribution >= 0.6 is 0 Å². The molecule has 1 aromatic heterocycles. The van der Waals surface area contributed by atoms with Gasteiger partial charge in [-0.25, -0.2) is 4.68 Å². The minimum absolute atomic E-state index is 0.148. The first kappa shape index (κ1) is 29.6. The first-order valence-electron chi connectivity index (χ1n) is 13.7. The van der Waals surface area contributed by atoms with Crippen LogP contribution in [0.4, 0.5) is 0 Å². The van der Waals surface area contributed by atoms with Crippen molar-refractivity contribution < 1.29 is 4.74 Å². The van der Waals surface area contributed by atoms with E-state index in [0.29, 0.717) is 24.8 Å². The van der Waals surface area contributed by atoms with Gasteiger partial charge in [-0.15, -0.1) is 0 Å². The third-order valence-electron chi connectivity index (χ3n) is 6.71. The van der Waals surface area contributed by atoms with Crippen molar-refractivity contribution >= 4 is 11.3 Å². The molecule has 5 nitrogen and oxygen atoms in total. The van der Waals surface area contributed by atoms with Crippen LogP contribution in [0.2, 0.25) is 0 Å². The monoisotopic (exact) mass is 523 g/mol. The Morgan fingerprint density at radius 1 is 1.08 bits per heavy atom. The Labute approximate surface area is 233 Å². The third kappa shape index (κ3) is 9.06. The van der Waals surface area contributed by atoms with Gasteiger partial charge in [0.2, 0.25) is 0 Å². The molecular formula is C34H41N3O2. The van der Waals surface area contributed by atoms with Crippen LogP contribution in [0.1, 0.15) is 70.1 Å². The summed E-state index contributed by atoms with van der Waals surface area (Å²) in [7, 11) is 0. The Bertz CT molecular complexity index is 1400. The number of ether oxygens (including phenoxy) is 1. The van der Waals surface area contributed by atoms with Crippen LogP contribution < -0.4 is 5.56 Å². The highest BCUT2D eigenvalue weighted by Crippen LogP contribution is 2.21. The lowest BCUT2D eigenvalue weighted by Crippen LogP contribution is -2.23. The van der Waals surface area contributed by atoms with Crippen LogP contribution in [-0.4, -0.2) is 22.1 Å². The molecule has 0 saturated carbocycles. The fourth-order valence-corrected chi connectivity index (χ4v) is 4.19. The summed E-state index contributed by atoms with van der Waals surface area (Å²) in [5.41, 5.74) is 6.37. The second-order valence-corrected chi connectivity index (χ2v) is 10.1. The fraction of sp³-hybridized carbons (Fsp3) is 0.324. The summed E-state index contributed by atoms with van der Waals surface area (Å²) in [6.45, 7) is 17.3. The van der Waals surface area contributed by atoms with E-state index in [0.717, 1.165) is 45.7 Å². The van der Waals surface area contributed by atoms with Crippen molar-refractivity contribution in [3.8, 4) is 11.3 Å². The number of rotatable bonds is 14. The molecule has 0 saturated heterocycles. The molecule has 1 atom stereocenters. The molecule has 5 heteroatoms. The Kier molecular flexibility index (Phi) is 11.2. The molecule has 0 fully saturated rings. The van der Waals surface area contributed by atoms with Crippen LogP contribution in [-0.2, 0) is 11.3 Å². The number of allylic oxidation sites excluding steroid dienone is 2. The van der Waals surface area contributed by atoms with Crippen molar-refractivity contribution in [3.05, 3.63) is 119 Å². The molecule has 3 aromatic rings. The molecule has 0 aliphatic carbocycles. The lowest BCUT2D eigenvalue weighted by molar-refractivity contribution is 0.200. The van der Waals surface area contributed by atoms with Gasteiger partial charge < -0.3 is 4.74 Å². The van der Waals surface area contributed by atoms with Crippen molar-refractivity contribution in [1.29, 1.82) is 0 Å². The molecule has 2 aromatic carbocycles. The van der Waals surface area contributed by atoms with Gasteiger partial charge in [-0.1, -0.05) is 88.2 Å². The molecule has 0 aliphatic heterocycles. The lowest BCUT2D eigenvalue weighted by Gasteiger charge is -2.12. The van der Waals surface area contributed by atoms with Gasteiger partial charge in [-0.05, 0) is 67.2 Å². The second-order valence-electron chi connectivity index (χ2n) is 10.1. The van der Waals surface area contributed by atoms with Crippen LogP contribution in [0.3, 0.4) is 0 Å². The van der Waals surface area contributed by atoms with Crippen molar-refractivity contribution in [2.45, 2.75) is 59.9 Å². The quantitative estimate of drug-likeness (QED) is 0.122. The summed E-state index contributed by atoms with van der Waals surface area (Å²) >= 11 is 0. The molecule has 0 N–H and O–H groups in total. The average molecular weight is 524 g/mol. The van der Waals surface area contributed by atoms with E-state index in [1.165, 1.54) is 23.9 Å². The smallest absolute Gasteiger partial charge is 0.267 e. The van der Waals surface area contributed by atoms with Crippen molar-refractivity contribution in [2.75, 3.05) is 6.61 Å². The first-order chi connectivity index (χ1) is 18.8. The number of unbranched alkanes of at least 4 members (excludes halogenated alkanes) is 1. The highest BCUT2D eigenvalue weighted by molar-refractivity contribution is 5.99. The largest absolute Gasteiger partial charge is 0.492 e. The number of hydrogen-bond acceptors (Lipinski definition) is 4. The summed E-state index contributed by atoms with van der Waals surface area (Å²) in [4.78, 5) is 17.2. The number of aliphatic imine (C=N–C) groups is 1. The van der Waals surface area contributed by atoms with Crippen molar-refractivity contribution in [3.63, 3.8) is 0 Å². The molecule has 0 bridgehead atoms. The molecular weight excluding hydrogens is 482 g/mol. The Hall–Kier alpha value is -3.99. The van der Waals surface area contributed by atoms with E-state index in [1.807, 2.05) is 62.4 Å². The maximum absolute atomic E-state index is 12.6. The molecule has 1 heterocycles. The van der Waals surface area contributed by atoms with E-state index in [4.69, 9.17) is 4.74 Å². The van der Waals surface area contributed by atoms with E-state index >= 15 is 0 Å². The molecule has 0 aliphatic rings. The van der Waals surface area contributed by atoms with Gasteiger partial charge in [0.05, 0.1) is 25.0 Å². The number of nitrogens with zero attached hydrogens (tertiary/aromatic N) is 3. The Balaban J connectivity index is 1.72. The van der Waals surface area contributed by atoms with E-state index in [9.17, 15) is 4.79 Å². The Morgan fingerprint density at radius 2 is 1.85 bits per heavy atom. The summed E-state index contributed by atoms with van der Waals surface area (Å²) < 4.78 is 7.40. The van der Waals surface area contributed by atoms with Crippen LogP contribution in [0, 0.1) is 5.92 Å². The molecule has 3 rings (SSSR count). The fourth-order valence-electron chi connectivity index (χ4n) is 4.19. The molecule has 39 heavy (non-hydrogen) atoms. The van der Waals surface area contributed by atoms with Gasteiger partial charge in [-0.3, -0.25) is 9.79 Å². The zero-order chi connectivity index (χ0) is 28.2. The summed E-state index contributed by atoms with van der Waals surface area (Å²) in [6.07, 6.45) is 8.15. The number of benzene rings is 2. The molecule has 204 valence electrons. The first-order valence-corrected chi connectivity index (χ1v) is 13.7. The van der Waals surface area contributed by atoms with Gasteiger partial charge in [-0.2, -0.15) is 5.10 Å². The predicted molar refractivity (Wildman–Crippen MR) is 164 cm³/mol. The topological polar surface area (TPSA) is 56.5 Å². The number of aromatic nitrogens is 2. The zero-order valence-corrected chi connectivity index (χ0v) is 23.8. The van der Waals surface area contributed by atoms with E-state index in [-0.39, 0.29) is 5.56 Å². The van der Waals surface area contributed by atoms with Gasteiger partial charge in [0.1, 0.15) is 5.76 Å². The van der Waals surface area contributed by atoms with Crippen molar-refractivity contribution in [2.24, 2.45) is 10.9 Å². The number of hydrogen-bond donors (Lipinski definition) is 0. The van der Waals surface area contributed by atoms with Crippen LogP contribution in [0.15, 0.2) is 102 Å². The summed E-state index contributed by atoms with van der Waals surface area (Å²) in [5, 5.41) is 4.65. The normalized spacial score (nSPS) is 12.7. The second kappa shape index (κ2) is 14.8. The van der Waals surface area contributed by atoms with Gasteiger partial charge in [0, 0.05) is 17.3 Å². The molecule has 0 spiro atoms. The van der Waals surface area contributed by atoms with E-state index < -0.39 is 0 Å². The zero-order valence-electron chi connectivity index (χ0n) is 23.8. The molecule has 0 amide bonds. The summed E-state index contributed by atoms with van der Waals surface area (Å²) in [6, 6.07) is 19.4. The van der Waals surface area contributed by atoms with Crippen LogP contribution in [0.5, 0.6) is 0 Å². The van der Waals surface area contributed by atoms with Gasteiger partial charge in [0.15, 0.2) is 0 Å². The van der Waals surface area contributed by atoms with E-state index in [2.05, 4.69) is 37.1 Å². The molecule has 1 unspecified atom stereocenters. The SMILES string of the molecule is C=C/C(=C\N=C(C)c1cccc(Cn2nc(-c3cccc(C(=C)C)c3)ccc2=O)c1)OCCC(C)CCCC. The average Bonchev–Trinajstić information content (AvgIpc) is 2.94. The maximum Gasteiger partial charge on any atom is 0.267 e. The maximum atomic E-state index is 12.6. The highest BCUT2D eigenvalue weighted by Gasteiger charge is 2.07. The Morgan fingerprint density at radius 3 is 2.59 bits per heavy atom. The third-order valence-corrected chi connectivity index (χ3v) is 6.71. The van der Waals surface area contributed by atoms with Gasteiger partial charge in [0.25, 0.3) is 5.56 Å². The van der Waals surface area contributed by atoms with Gasteiger partial charge >= 0.3 is 0 Å². The standard InChI is InChI=1S/C34H41N3O2/c1-7-9-12-26(5)19-20-39-32(8-2)23-35-27(6)30-15-10-13-28(21-30)24-37-34(38)18-17-33(36-37)31-16-11-14-29(22-31)25(3)4/h8,10-11,13-18,21-23,26H,2-3,7,9,12,19-20,24H2,1,4-6H3/b32-23+,35-27?. The highest BCUT2D eigenvalue weighted by atomic mass is 16.5. The van der Waals surface area contributed by atoms with Crippen molar-refractivity contribution in [1.82, 2.24) is 9.78 Å². The minimum atomic E-state index is -0.148. The minimum Gasteiger partial charge on any atom is -0.492 e. The lowest BCUT2D eigenvalue weighted by atomic mass is 10.0. The van der Waals surface area contributed by atoms with Crippen LogP contribution in [0.25, 0.3) is 16.8 Å².